The van der Waals surface area contributed by atoms with Gasteiger partial charge in [0.25, 0.3) is 0 Å². The Morgan fingerprint density at radius 1 is 0.763 bits per heavy atom. The van der Waals surface area contributed by atoms with Crippen molar-refractivity contribution in [3.63, 3.8) is 0 Å². The van der Waals surface area contributed by atoms with Gasteiger partial charge in [-0.25, -0.2) is 0 Å². The lowest BCUT2D eigenvalue weighted by atomic mass is 9.97. The molecule has 4 aromatic carbocycles. The SMILES string of the molecule is COc1cc(-c2ccc(OCc3ccccc3)c([N+](=O)[O-])c2)c(OC)cc1-c1ccc(OS(C)(=O)=O)cc1. The third kappa shape index (κ3) is 6.22. The summed E-state index contributed by atoms with van der Waals surface area (Å²) in [5.41, 5.74) is 3.25. The molecule has 0 radical (unpaired) electrons. The summed E-state index contributed by atoms with van der Waals surface area (Å²) >= 11 is 0. The topological polar surface area (TPSA) is 114 Å². The molecule has 0 fully saturated rings. The summed E-state index contributed by atoms with van der Waals surface area (Å²) in [5, 5.41) is 11.9. The zero-order chi connectivity index (χ0) is 27.3. The van der Waals surface area contributed by atoms with Crippen molar-refractivity contribution in [2.45, 2.75) is 6.61 Å². The Morgan fingerprint density at radius 2 is 1.34 bits per heavy atom. The van der Waals surface area contributed by atoms with Gasteiger partial charge in [0.2, 0.25) is 0 Å². The van der Waals surface area contributed by atoms with Crippen LogP contribution in [0.2, 0.25) is 0 Å². The second kappa shape index (κ2) is 11.2. The highest BCUT2D eigenvalue weighted by Crippen LogP contribution is 2.43. The zero-order valence-electron chi connectivity index (χ0n) is 20.9. The van der Waals surface area contributed by atoms with Gasteiger partial charge in [0.1, 0.15) is 23.9 Å². The third-order valence-electron chi connectivity index (χ3n) is 5.64. The molecular formula is C28H25NO8S. The van der Waals surface area contributed by atoms with E-state index in [4.69, 9.17) is 18.4 Å². The molecule has 0 spiro atoms. The number of rotatable bonds is 10. The van der Waals surface area contributed by atoms with Crippen LogP contribution in [0.25, 0.3) is 22.3 Å². The first-order valence-corrected chi connectivity index (χ1v) is 13.2. The summed E-state index contributed by atoms with van der Waals surface area (Å²) in [6.45, 7) is 0.195. The minimum Gasteiger partial charge on any atom is -0.496 e. The van der Waals surface area contributed by atoms with Crippen LogP contribution in [0, 0.1) is 10.1 Å². The number of hydrogen-bond donors (Lipinski definition) is 0. The van der Waals surface area contributed by atoms with Gasteiger partial charge in [-0.2, -0.15) is 8.42 Å². The maximum atomic E-state index is 11.9. The standard InChI is InChI=1S/C28H25NO8S/c1-34-27-17-24(28(35-2)16-23(27)20-9-12-22(13-10-20)37-38(3,32)33)21-11-14-26(25(15-21)29(30)31)36-18-19-7-5-4-6-8-19/h4-17H,18H2,1-3H3. The highest BCUT2D eigenvalue weighted by atomic mass is 32.2. The number of hydrogen-bond acceptors (Lipinski definition) is 8. The molecule has 0 atom stereocenters. The van der Waals surface area contributed by atoms with E-state index in [-0.39, 0.29) is 23.8 Å². The summed E-state index contributed by atoms with van der Waals surface area (Å²) in [6, 6.07) is 24.1. The summed E-state index contributed by atoms with van der Waals surface area (Å²) in [7, 11) is -0.630. The zero-order valence-corrected chi connectivity index (χ0v) is 21.7. The molecule has 0 unspecified atom stereocenters. The number of benzene rings is 4. The van der Waals surface area contributed by atoms with E-state index in [9.17, 15) is 18.5 Å². The first kappa shape index (κ1) is 26.5. The van der Waals surface area contributed by atoms with Crippen molar-refractivity contribution in [3.05, 3.63) is 101 Å². The van der Waals surface area contributed by atoms with Crippen LogP contribution < -0.4 is 18.4 Å². The first-order valence-electron chi connectivity index (χ1n) is 11.4. The Labute approximate surface area is 220 Å². The highest BCUT2D eigenvalue weighted by Gasteiger charge is 2.20. The molecular weight excluding hydrogens is 510 g/mol. The molecule has 38 heavy (non-hydrogen) atoms. The van der Waals surface area contributed by atoms with E-state index in [0.29, 0.717) is 28.2 Å². The van der Waals surface area contributed by atoms with E-state index in [2.05, 4.69) is 0 Å². The smallest absolute Gasteiger partial charge is 0.311 e. The van der Waals surface area contributed by atoms with Crippen LogP contribution in [0.5, 0.6) is 23.0 Å². The van der Waals surface area contributed by atoms with Gasteiger partial charge in [0, 0.05) is 17.2 Å². The lowest BCUT2D eigenvalue weighted by Crippen LogP contribution is -2.05. The molecule has 0 amide bonds. The molecule has 0 aliphatic carbocycles. The molecule has 0 N–H and O–H groups in total. The number of methoxy groups -OCH3 is 2. The largest absolute Gasteiger partial charge is 0.496 e. The normalized spacial score (nSPS) is 11.0. The molecule has 0 aliphatic rings. The van der Waals surface area contributed by atoms with Crippen molar-refractivity contribution >= 4 is 15.8 Å². The van der Waals surface area contributed by atoms with Crippen molar-refractivity contribution in [1.29, 1.82) is 0 Å². The van der Waals surface area contributed by atoms with E-state index in [1.165, 1.54) is 32.4 Å². The lowest BCUT2D eigenvalue weighted by Gasteiger charge is -2.16. The monoisotopic (exact) mass is 535 g/mol. The third-order valence-corrected chi connectivity index (χ3v) is 6.13. The van der Waals surface area contributed by atoms with Crippen molar-refractivity contribution in [1.82, 2.24) is 0 Å². The van der Waals surface area contributed by atoms with Gasteiger partial charge in [-0.1, -0.05) is 48.5 Å². The van der Waals surface area contributed by atoms with Crippen LogP contribution in [-0.4, -0.2) is 33.8 Å². The average molecular weight is 536 g/mol. The predicted molar refractivity (Wildman–Crippen MR) is 143 cm³/mol. The minimum atomic E-state index is -3.65. The summed E-state index contributed by atoms with van der Waals surface area (Å²) in [4.78, 5) is 11.4. The lowest BCUT2D eigenvalue weighted by molar-refractivity contribution is -0.385. The second-order valence-corrected chi connectivity index (χ2v) is 9.85. The van der Waals surface area contributed by atoms with Crippen LogP contribution in [0.15, 0.2) is 84.9 Å². The van der Waals surface area contributed by atoms with E-state index in [1.54, 1.807) is 36.4 Å². The Morgan fingerprint density at radius 3 is 1.89 bits per heavy atom. The van der Waals surface area contributed by atoms with Gasteiger partial charge in [-0.3, -0.25) is 10.1 Å². The first-order chi connectivity index (χ1) is 18.2. The molecule has 0 aromatic heterocycles. The van der Waals surface area contributed by atoms with Crippen LogP contribution in [0.4, 0.5) is 5.69 Å². The Kier molecular flexibility index (Phi) is 7.82. The Balaban J connectivity index is 1.70. The molecule has 196 valence electrons. The van der Waals surface area contributed by atoms with Crippen LogP contribution >= 0.6 is 0 Å². The van der Waals surface area contributed by atoms with Crippen molar-refractivity contribution in [2.24, 2.45) is 0 Å². The van der Waals surface area contributed by atoms with Crippen LogP contribution in [-0.2, 0) is 16.7 Å². The Hall–Kier alpha value is -4.57. The summed E-state index contributed by atoms with van der Waals surface area (Å²) in [5.74, 6) is 1.29. The van der Waals surface area contributed by atoms with E-state index < -0.39 is 15.0 Å². The molecule has 0 heterocycles. The maximum absolute atomic E-state index is 11.9. The molecule has 0 saturated carbocycles. The van der Waals surface area contributed by atoms with Gasteiger partial charge < -0.3 is 18.4 Å². The van der Waals surface area contributed by atoms with E-state index >= 15 is 0 Å². The minimum absolute atomic E-state index is 0.154. The molecule has 4 rings (SSSR count). The number of nitrogens with zero attached hydrogens (tertiary/aromatic N) is 1. The quantitative estimate of drug-likeness (QED) is 0.141. The van der Waals surface area contributed by atoms with Crippen LogP contribution in [0.1, 0.15) is 5.56 Å². The number of ether oxygens (including phenoxy) is 3. The van der Waals surface area contributed by atoms with E-state index in [0.717, 1.165) is 17.4 Å². The van der Waals surface area contributed by atoms with Gasteiger partial charge in [0.15, 0.2) is 5.75 Å². The molecule has 0 saturated heterocycles. The molecule has 0 bridgehead atoms. The molecule has 4 aromatic rings. The van der Waals surface area contributed by atoms with Gasteiger partial charge >= 0.3 is 15.8 Å². The fraction of sp³-hybridized carbons (Fsp3) is 0.143. The second-order valence-electron chi connectivity index (χ2n) is 8.28. The number of nitro groups is 1. The maximum Gasteiger partial charge on any atom is 0.311 e. The molecule has 10 heteroatoms. The molecule has 9 nitrogen and oxygen atoms in total. The van der Waals surface area contributed by atoms with Crippen molar-refractivity contribution in [3.8, 4) is 45.3 Å². The van der Waals surface area contributed by atoms with Gasteiger partial charge in [-0.15, -0.1) is 0 Å². The summed E-state index contributed by atoms with van der Waals surface area (Å²) < 4.78 is 44.7. The fourth-order valence-electron chi connectivity index (χ4n) is 3.90. The van der Waals surface area contributed by atoms with Crippen LogP contribution in [0.3, 0.4) is 0 Å². The summed E-state index contributed by atoms with van der Waals surface area (Å²) in [6.07, 6.45) is 0.972. The number of nitro benzene ring substituents is 1. The van der Waals surface area contributed by atoms with E-state index in [1.807, 2.05) is 30.3 Å². The molecule has 0 aliphatic heterocycles. The van der Waals surface area contributed by atoms with Gasteiger partial charge in [-0.05, 0) is 47.0 Å². The predicted octanol–water partition coefficient (Wildman–Crippen LogP) is 5.86. The van der Waals surface area contributed by atoms with Crippen molar-refractivity contribution in [2.75, 3.05) is 20.5 Å². The Bertz CT molecular complexity index is 1550. The van der Waals surface area contributed by atoms with Crippen molar-refractivity contribution < 1.29 is 31.7 Å². The average Bonchev–Trinajstić information content (AvgIpc) is 2.91. The highest BCUT2D eigenvalue weighted by molar-refractivity contribution is 7.86. The van der Waals surface area contributed by atoms with Gasteiger partial charge in [0.05, 0.1) is 25.4 Å². The fourth-order valence-corrected chi connectivity index (χ4v) is 4.36.